The highest BCUT2D eigenvalue weighted by Crippen LogP contribution is 2.26. The number of nitrogens with zero attached hydrogens (tertiary/aromatic N) is 2. The number of anilines is 1. The summed E-state index contributed by atoms with van der Waals surface area (Å²) in [5.74, 6) is -1.27. The van der Waals surface area contributed by atoms with E-state index >= 15 is 0 Å². The van der Waals surface area contributed by atoms with Crippen molar-refractivity contribution >= 4 is 29.6 Å². The smallest absolute Gasteiger partial charge is 0.408 e. The van der Waals surface area contributed by atoms with Crippen LogP contribution in [-0.4, -0.2) is 60.3 Å². The molecule has 210 valence electrons. The minimum absolute atomic E-state index is 0.0528. The molecule has 1 N–H and O–H groups in total. The number of esters is 1. The first kappa shape index (κ1) is 32.2. The molecule has 0 radical (unpaired) electrons. The predicted octanol–water partition coefficient (Wildman–Crippen LogP) is 4.41. The second-order valence-electron chi connectivity index (χ2n) is 9.99. The molecule has 38 heavy (non-hydrogen) atoms. The molecule has 0 aliphatic rings. The second kappa shape index (κ2) is 14.8. The molecule has 0 saturated heterocycles. The van der Waals surface area contributed by atoms with Gasteiger partial charge in [-0.05, 0) is 64.3 Å². The Morgan fingerprint density at radius 3 is 2.13 bits per heavy atom. The molecule has 0 heterocycles. The zero-order valence-corrected chi connectivity index (χ0v) is 23.5. The normalized spacial score (nSPS) is 12.5. The monoisotopic (exact) mass is 531 g/mol. The highest BCUT2D eigenvalue weighted by Gasteiger charge is 2.38. The second-order valence-corrected chi connectivity index (χ2v) is 9.99. The van der Waals surface area contributed by atoms with Crippen LogP contribution in [0.5, 0.6) is 5.75 Å². The Labute approximate surface area is 225 Å². The molecule has 0 aliphatic heterocycles. The average Bonchev–Trinajstić information content (AvgIpc) is 2.84. The van der Waals surface area contributed by atoms with Crippen molar-refractivity contribution in [3.8, 4) is 5.75 Å². The third kappa shape index (κ3) is 9.91. The Hall–Kier alpha value is -3.82. The lowest BCUT2D eigenvalue weighted by Crippen LogP contribution is -2.61. The highest BCUT2D eigenvalue weighted by molar-refractivity contribution is 6.02. The summed E-state index contributed by atoms with van der Waals surface area (Å²) in [6, 6.07) is 3.91. The quantitative estimate of drug-likeness (QED) is 0.241. The summed E-state index contributed by atoms with van der Waals surface area (Å²) >= 11 is 0. The summed E-state index contributed by atoms with van der Waals surface area (Å²) in [7, 11) is 1.18. The van der Waals surface area contributed by atoms with Gasteiger partial charge in [-0.2, -0.15) is 0 Å². The van der Waals surface area contributed by atoms with Gasteiger partial charge in [0.05, 0.1) is 12.8 Å². The van der Waals surface area contributed by atoms with E-state index in [1.165, 1.54) is 20.1 Å². The molecule has 0 aliphatic carbocycles. The van der Waals surface area contributed by atoms with Crippen molar-refractivity contribution in [2.24, 2.45) is 5.92 Å². The summed E-state index contributed by atoms with van der Waals surface area (Å²) in [5, 5.41) is 4.59. The van der Waals surface area contributed by atoms with Gasteiger partial charge in [-0.25, -0.2) is 19.6 Å². The van der Waals surface area contributed by atoms with Crippen molar-refractivity contribution < 1.29 is 33.4 Å². The van der Waals surface area contributed by atoms with Gasteiger partial charge in [0.15, 0.2) is 6.04 Å². The maximum absolute atomic E-state index is 13.8. The number of hydrogen-bond donors (Lipinski definition) is 1. The molecule has 10 nitrogen and oxygen atoms in total. The molecule has 10 heteroatoms. The van der Waals surface area contributed by atoms with Crippen molar-refractivity contribution in [2.45, 2.75) is 72.1 Å². The molecule has 0 aromatic heterocycles. The molecule has 1 aromatic carbocycles. The lowest BCUT2D eigenvalue weighted by molar-refractivity contribution is -0.152. The summed E-state index contributed by atoms with van der Waals surface area (Å²) in [6.07, 6.45) is 2.58. The van der Waals surface area contributed by atoms with E-state index in [1.807, 2.05) is 13.8 Å². The minimum Gasteiger partial charge on any atom is -0.490 e. The number of rotatable bonds is 12. The Kier molecular flexibility index (Phi) is 12.5. The summed E-state index contributed by atoms with van der Waals surface area (Å²) < 4.78 is 15.7. The number of methoxy groups -OCH3 is 1. The van der Waals surface area contributed by atoms with Crippen LogP contribution >= 0.6 is 0 Å². The summed E-state index contributed by atoms with van der Waals surface area (Å²) in [5.41, 5.74) is -0.529. The maximum atomic E-state index is 13.8. The van der Waals surface area contributed by atoms with Crippen LogP contribution in [0.4, 0.5) is 10.5 Å². The number of amides is 3. The van der Waals surface area contributed by atoms with Crippen molar-refractivity contribution in [2.75, 3.05) is 18.7 Å². The molecule has 1 aromatic rings. The van der Waals surface area contributed by atoms with E-state index in [4.69, 9.17) is 14.2 Å². The first-order valence-corrected chi connectivity index (χ1v) is 12.4. The number of carbonyl (C=O) groups is 4. The topological polar surface area (TPSA) is 114 Å². The lowest BCUT2D eigenvalue weighted by Gasteiger charge is -2.39. The van der Waals surface area contributed by atoms with Gasteiger partial charge in [0.25, 0.3) is 5.91 Å². The zero-order chi connectivity index (χ0) is 29.0. The van der Waals surface area contributed by atoms with Crippen LogP contribution in [0.3, 0.4) is 0 Å². The van der Waals surface area contributed by atoms with E-state index in [9.17, 15) is 19.2 Å². The maximum Gasteiger partial charge on any atom is 0.408 e. The molecular formula is C28H41N3O7. The molecule has 0 bridgehead atoms. The van der Waals surface area contributed by atoms with E-state index in [2.05, 4.69) is 18.5 Å². The van der Waals surface area contributed by atoms with Crippen LogP contribution in [0.25, 0.3) is 0 Å². The van der Waals surface area contributed by atoms with Gasteiger partial charge in [0, 0.05) is 6.42 Å². The number of ether oxygens (including phenoxy) is 3. The van der Waals surface area contributed by atoms with E-state index in [0.29, 0.717) is 12.2 Å². The fourth-order valence-electron chi connectivity index (χ4n) is 3.26. The Morgan fingerprint density at radius 1 is 1.05 bits per heavy atom. The van der Waals surface area contributed by atoms with Gasteiger partial charge in [-0.15, -0.1) is 6.58 Å². The molecule has 0 saturated carbocycles. The lowest BCUT2D eigenvalue weighted by atomic mass is 10.1. The van der Waals surface area contributed by atoms with E-state index in [-0.39, 0.29) is 24.6 Å². The third-order valence-electron chi connectivity index (χ3n) is 5.10. The van der Waals surface area contributed by atoms with Crippen molar-refractivity contribution in [3.63, 3.8) is 0 Å². The van der Waals surface area contributed by atoms with Crippen molar-refractivity contribution in [1.82, 2.24) is 10.3 Å². The fraction of sp³-hybridized carbons (Fsp3) is 0.500. The van der Waals surface area contributed by atoms with Crippen LogP contribution in [-0.2, 0) is 23.9 Å². The molecular weight excluding hydrogens is 490 g/mol. The van der Waals surface area contributed by atoms with E-state index in [0.717, 1.165) is 10.0 Å². The van der Waals surface area contributed by atoms with Crippen LogP contribution in [0.2, 0.25) is 0 Å². The molecule has 2 atom stereocenters. The number of hydrazine groups is 1. The highest BCUT2D eigenvalue weighted by atomic mass is 16.6. The SMILES string of the molecule is C=CCOc1ccc(N(C(=O)C(C)NC(=O)OC(C)(C)C)N(C(=O)CCC(C)C)[C@@H](C=C)C(=O)OC)cc1. The minimum atomic E-state index is -1.31. The number of carbonyl (C=O) groups excluding carboxylic acids is 4. The number of nitrogens with one attached hydrogen (secondary N) is 1. The Bertz CT molecular complexity index is 983. The van der Waals surface area contributed by atoms with E-state index in [1.54, 1.807) is 51.1 Å². The molecule has 1 unspecified atom stereocenters. The number of benzene rings is 1. The van der Waals surface area contributed by atoms with Gasteiger partial charge in [0.1, 0.15) is 24.0 Å². The van der Waals surface area contributed by atoms with E-state index < -0.39 is 41.6 Å². The van der Waals surface area contributed by atoms with Crippen LogP contribution < -0.4 is 15.1 Å². The average molecular weight is 532 g/mol. The molecule has 0 fully saturated rings. The van der Waals surface area contributed by atoms with Gasteiger partial charge in [-0.3, -0.25) is 9.59 Å². The summed E-state index contributed by atoms with van der Waals surface area (Å²) in [4.78, 5) is 52.5. The third-order valence-corrected chi connectivity index (χ3v) is 5.10. The first-order chi connectivity index (χ1) is 17.7. The van der Waals surface area contributed by atoms with Gasteiger partial charge < -0.3 is 19.5 Å². The van der Waals surface area contributed by atoms with Gasteiger partial charge >= 0.3 is 12.1 Å². The summed E-state index contributed by atoms with van der Waals surface area (Å²) in [6.45, 7) is 18.0. The molecule has 3 amide bonds. The zero-order valence-electron chi connectivity index (χ0n) is 23.5. The van der Waals surface area contributed by atoms with Crippen molar-refractivity contribution in [1.29, 1.82) is 0 Å². The first-order valence-electron chi connectivity index (χ1n) is 12.4. The predicted molar refractivity (Wildman–Crippen MR) is 145 cm³/mol. The molecule has 1 rings (SSSR count). The Morgan fingerprint density at radius 2 is 1.66 bits per heavy atom. The Balaban J connectivity index is 3.60. The number of alkyl carbamates (subject to hydrolysis) is 1. The largest absolute Gasteiger partial charge is 0.490 e. The van der Waals surface area contributed by atoms with Gasteiger partial charge in [-0.1, -0.05) is 32.6 Å². The van der Waals surface area contributed by atoms with Crippen LogP contribution in [0, 0.1) is 5.92 Å². The van der Waals surface area contributed by atoms with Crippen LogP contribution in [0.1, 0.15) is 54.4 Å². The van der Waals surface area contributed by atoms with Crippen LogP contribution in [0.15, 0.2) is 49.6 Å². The fourth-order valence-corrected chi connectivity index (χ4v) is 3.26. The molecule has 0 spiro atoms. The van der Waals surface area contributed by atoms with Crippen molar-refractivity contribution in [3.05, 3.63) is 49.6 Å². The number of hydrogen-bond acceptors (Lipinski definition) is 7. The van der Waals surface area contributed by atoms with Gasteiger partial charge in [0.2, 0.25) is 5.91 Å². The standard InChI is InChI=1S/C28H41N3O7/c1-10-18-37-22-15-13-21(14-16-22)30(25(33)20(5)29-27(35)38-28(6,7)8)31(23(11-2)26(34)36-9)24(32)17-12-19(3)4/h10-11,13-16,19-20,23H,1-2,12,17-18H2,3-9H3,(H,29,35)/t20?,23-/m0/s1.